The second-order valence-corrected chi connectivity index (χ2v) is 4.62. The number of benzene rings is 1. The Bertz CT molecular complexity index is 496. The van der Waals surface area contributed by atoms with Crippen LogP contribution in [-0.2, 0) is 0 Å². The lowest BCUT2D eigenvalue weighted by molar-refractivity contribution is 1.20. The van der Waals surface area contributed by atoms with Crippen LogP contribution in [0.5, 0.6) is 0 Å². The first-order valence-corrected chi connectivity index (χ1v) is 5.50. The Morgan fingerprint density at radius 3 is 1.20 bits per heavy atom. The summed E-state index contributed by atoms with van der Waals surface area (Å²) in [4.78, 5) is 3.45. The number of nitrogens with one attached hydrogen (secondary N) is 1. The molecule has 0 fully saturated rings. The number of H-pyrrole nitrogens is 1. The standard InChI is InChI=1S/C14H19N/c1-7-8(2)10(4)14-12(6)15-11(5)13(14)9(7)3/h15H,1-6H3. The van der Waals surface area contributed by atoms with Crippen molar-refractivity contribution in [1.29, 1.82) is 0 Å². The van der Waals surface area contributed by atoms with E-state index in [4.69, 9.17) is 0 Å². The average Bonchev–Trinajstić information content (AvgIpc) is 2.47. The summed E-state index contributed by atoms with van der Waals surface area (Å²) in [5.41, 5.74) is 8.31. The molecular formula is C14H19N. The van der Waals surface area contributed by atoms with Crippen molar-refractivity contribution in [3.63, 3.8) is 0 Å². The molecule has 15 heavy (non-hydrogen) atoms. The van der Waals surface area contributed by atoms with Crippen LogP contribution in [0.15, 0.2) is 0 Å². The summed E-state index contributed by atoms with van der Waals surface area (Å²) in [6.45, 7) is 13.2. The molecule has 0 bridgehead atoms. The van der Waals surface area contributed by atoms with Crippen LogP contribution in [0, 0.1) is 41.5 Å². The predicted octanol–water partition coefficient (Wildman–Crippen LogP) is 4.02. The number of aryl methyl sites for hydroxylation is 4. The van der Waals surface area contributed by atoms with E-state index in [0.29, 0.717) is 0 Å². The van der Waals surface area contributed by atoms with Gasteiger partial charge in [-0.2, -0.15) is 0 Å². The summed E-state index contributed by atoms with van der Waals surface area (Å²) in [7, 11) is 0. The van der Waals surface area contributed by atoms with Crippen LogP contribution in [0.1, 0.15) is 33.6 Å². The minimum Gasteiger partial charge on any atom is -0.362 e. The van der Waals surface area contributed by atoms with E-state index in [-0.39, 0.29) is 0 Å². The van der Waals surface area contributed by atoms with Crippen LogP contribution in [0.3, 0.4) is 0 Å². The molecular weight excluding hydrogens is 182 g/mol. The average molecular weight is 201 g/mol. The van der Waals surface area contributed by atoms with Crippen LogP contribution in [0.25, 0.3) is 10.8 Å². The lowest BCUT2D eigenvalue weighted by atomic mass is 9.92. The summed E-state index contributed by atoms with van der Waals surface area (Å²) in [6, 6.07) is 0. The molecule has 1 aromatic carbocycles. The van der Waals surface area contributed by atoms with E-state index in [1.165, 1.54) is 44.4 Å². The van der Waals surface area contributed by atoms with Crippen LogP contribution >= 0.6 is 0 Å². The highest BCUT2D eigenvalue weighted by molar-refractivity contribution is 5.95. The number of hydrogen-bond acceptors (Lipinski definition) is 0. The van der Waals surface area contributed by atoms with E-state index in [2.05, 4.69) is 46.5 Å². The molecule has 0 aliphatic carbocycles. The van der Waals surface area contributed by atoms with E-state index >= 15 is 0 Å². The van der Waals surface area contributed by atoms with Gasteiger partial charge in [0.15, 0.2) is 0 Å². The summed E-state index contributed by atoms with van der Waals surface area (Å²) >= 11 is 0. The Morgan fingerprint density at radius 2 is 0.867 bits per heavy atom. The van der Waals surface area contributed by atoms with E-state index < -0.39 is 0 Å². The molecule has 0 aliphatic heterocycles. The molecule has 2 rings (SSSR count). The number of aromatic nitrogens is 1. The molecule has 0 unspecified atom stereocenters. The highest BCUT2D eigenvalue weighted by atomic mass is 14.7. The van der Waals surface area contributed by atoms with Gasteiger partial charge in [0.1, 0.15) is 0 Å². The van der Waals surface area contributed by atoms with E-state index in [9.17, 15) is 0 Å². The maximum atomic E-state index is 3.45. The van der Waals surface area contributed by atoms with Crippen molar-refractivity contribution < 1.29 is 0 Å². The van der Waals surface area contributed by atoms with Gasteiger partial charge in [0, 0.05) is 22.2 Å². The van der Waals surface area contributed by atoms with Crippen LogP contribution in [0.4, 0.5) is 0 Å². The lowest BCUT2D eigenvalue weighted by Crippen LogP contribution is -1.93. The van der Waals surface area contributed by atoms with Crippen molar-refractivity contribution in [3.8, 4) is 0 Å². The van der Waals surface area contributed by atoms with Gasteiger partial charge >= 0.3 is 0 Å². The normalized spacial score (nSPS) is 11.3. The Labute approximate surface area is 91.5 Å². The van der Waals surface area contributed by atoms with Gasteiger partial charge in [-0.1, -0.05) is 0 Å². The quantitative estimate of drug-likeness (QED) is 0.662. The summed E-state index contributed by atoms with van der Waals surface area (Å²) < 4.78 is 0. The minimum atomic E-state index is 1.30. The molecule has 1 aromatic heterocycles. The van der Waals surface area contributed by atoms with Gasteiger partial charge in [0.05, 0.1) is 0 Å². The molecule has 1 nitrogen and oxygen atoms in total. The molecule has 0 radical (unpaired) electrons. The first-order chi connectivity index (χ1) is 6.95. The monoisotopic (exact) mass is 201 g/mol. The third-order valence-electron chi connectivity index (χ3n) is 3.81. The molecule has 0 amide bonds. The van der Waals surface area contributed by atoms with E-state index in [0.717, 1.165) is 0 Å². The smallest absolute Gasteiger partial charge is 0.0200 e. The van der Waals surface area contributed by atoms with E-state index in [1.807, 2.05) is 0 Å². The second kappa shape index (κ2) is 3.13. The Hall–Kier alpha value is -1.24. The molecule has 0 saturated heterocycles. The van der Waals surface area contributed by atoms with Gasteiger partial charge in [-0.25, -0.2) is 0 Å². The molecule has 0 aliphatic rings. The first kappa shape index (κ1) is 10.3. The van der Waals surface area contributed by atoms with Crippen LogP contribution in [0.2, 0.25) is 0 Å². The van der Waals surface area contributed by atoms with Crippen molar-refractivity contribution >= 4 is 10.8 Å². The largest absolute Gasteiger partial charge is 0.362 e. The van der Waals surface area contributed by atoms with Gasteiger partial charge in [-0.15, -0.1) is 0 Å². The Balaban J connectivity index is 3.10. The zero-order chi connectivity index (χ0) is 11.3. The molecule has 2 aromatic rings. The van der Waals surface area contributed by atoms with Crippen LogP contribution < -0.4 is 0 Å². The van der Waals surface area contributed by atoms with Crippen molar-refractivity contribution in [3.05, 3.63) is 33.6 Å². The highest BCUT2D eigenvalue weighted by Gasteiger charge is 2.13. The molecule has 80 valence electrons. The minimum absolute atomic E-state index is 1.30. The number of rotatable bonds is 0. The van der Waals surface area contributed by atoms with Crippen LogP contribution in [-0.4, -0.2) is 4.98 Å². The number of aromatic amines is 1. The fraction of sp³-hybridized carbons (Fsp3) is 0.429. The Morgan fingerprint density at radius 1 is 0.533 bits per heavy atom. The van der Waals surface area contributed by atoms with Gasteiger partial charge in [-0.05, 0) is 63.8 Å². The SMILES string of the molecule is Cc1c(C)c(C)c2c(C)[nH]c(C)c2c1C. The molecule has 0 saturated carbocycles. The highest BCUT2D eigenvalue weighted by Crippen LogP contribution is 2.33. The molecule has 1 heteroatoms. The zero-order valence-electron chi connectivity index (χ0n) is 10.5. The summed E-state index contributed by atoms with van der Waals surface area (Å²) in [5.74, 6) is 0. The number of fused-ring (bicyclic) bond motifs is 1. The van der Waals surface area contributed by atoms with Crippen molar-refractivity contribution in [1.82, 2.24) is 4.98 Å². The molecule has 0 spiro atoms. The molecule has 0 atom stereocenters. The fourth-order valence-corrected chi connectivity index (χ4v) is 2.66. The lowest BCUT2D eigenvalue weighted by Gasteiger charge is -2.12. The fourth-order valence-electron chi connectivity index (χ4n) is 2.66. The van der Waals surface area contributed by atoms with E-state index in [1.54, 1.807) is 0 Å². The third-order valence-corrected chi connectivity index (χ3v) is 3.81. The summed E-state index contributed by atoms with van der Waals surface area (Å²) in [5, 5.41) is 2.85. The topological polar surface area (TPSA) is 15.8 Å². The van der Waals surface area contributed by atoms with Gasteiger partial charge in [0.2, 0.25) is 0 Å². The first-order valence-electron chi connectivity index (χ1n) is 5.50. The third kappa shape index (κ3) is 1.22. The maximum absolute atomic E-state index is 3.45. The van der Waals surface area contributed by atoms with Gasteiger partial charge < -0.3 is 4.98 Å². The molecule has 1 heterocycles. The van der Waals surface area contributed by atoms with Crippen molar-refractivity contribution in [2.45, 2.75) is 41.5 Å². The van der Waals surface area contributed by atoms with Crippen molar-refractivity contribution in [2.24, 2.45) is 0 Å². The van der Waals surface area contributed by atoms with Gasteiger partial charge in [-0.3, -0.25) is 0 Å². The van der Waals surface area contributed by atoms with Crippen molar-refractivity contribution in [2.75, 3.05) is 0 Å². The Kier molecular flexibility index (Phi) is 2.14. The van der Waals surface area contributed by atoms with Gasteiger partial charge in [0.25, 0.3) is 0 Å². The summed E-state index contributed by atoms with van der Waals surface area (Å²) in [6.07, 6.45) is 0. The zero-order valence-corrected chi connectivity index (χ0v) is 10.5. The number of hydrogen-bond donors (Lipinski definition) is 1. The molecule has 1 N–H and O–H groups in total. The maximum Gasteiger partial charge on any atom is 0.0200 e. The predicted molar refractivity (Wildman–Crippen MR) is 66.7 cm³/mol. The second-order valence-electron chi connectivity index (χ2n) is 4.62.